The number of rotatable bonds is 5. The molecule has 0 amide bonds. The lowest BCUT2D eigenvalue weighted by molar-refractivity contribution is 0.525. The van der Waals surface area contributed by atoms with Gasteiger partial charge in [0.25, 0.3) is 0 Å². The first-order valence-corrected chi connectivity index (χ1v) is 6.08. The minimum Gasteiger partial charge on any atom is -0.380 e. The summed E-state index contributed by atoms with van der Waals surface area (Å²) in [5, 5.41) is 3.59. The van der Waals surface area contributed by atoms with Crippen molar-refractivity contribution in [3.63, 3.8) is 0 Å². The molecule has 0 aliphatic heterocycles. The van der Waals surface area contributed by atoms with Gasteiger partial charge in [-0.15, -0.1) is 0 Å². The number of benzene rings is 1. The maximum absolute atomic E-state index is 13.5. The number of nitrogens with one attached hydrogen (secondary N) is 1. The zero-order valence-corrected chi connectivity index (χ0v) is 10.8. The van der Waals surface area contributed by atoms with E-state index in [2.05, 4.69) is 26.1 Å². The molecule has 0 aliphatic rings. The summed E-state index contributed by atoms with van der Waals surface area (Å²) in [5.41, 5.74) is 0.528. The summed E-state index contributed by atoms with van der Waals surface area (Å²) < 4.78 is 13.5. The van der Waals surface area contributed by atoms with Crippen molar-refractivity contribution in [2.75, 3.05) is 5.32 Å². The molecular formula is C13H19ClFN. The molecule has 0 aromatic heterocycles. The summed E-state index contributed by atoms with van der Waals surface area (Å²) in [6.45, 7) is 6.45. The number of anilines is 1. The topological polar surface area (TPSA) is 12.0 Å². The van der Waals surface area contributed by atoms with E-state index in [9.17, 15) is 4.39 Å². The highest BCUT2D eigenvalue weighted by atomic mass is 35.5. The van der Waals surface area contributed by atoms with E-state index in [0.29, 0.717) is 16.6 Å². The van der Waals surface area contributed by atoms with Crippen LogP contribution in [-0.4, -0.2) is 6.04 Å². The molecular weight excluding hydrogens is 225 g/mol. The van der Waals surface area contributed by atoms with E-state index in [-0.39, 0.29) is 11.9 Å². The Labute approximate surface area is 102 Å². The van der Waals surface area contributed by atoms with Gasteiger partial charge < -0.3 is 5.32 Å². The number of hydrogen-bond donors (Lipinski definition) is 1. The third-order valence-electron chi connectivity index (χ3n) is 2.51. The van der Waals surface area contributed by atoms with E-state index in [1.807, 2.05) is 0 Å². The van der Waals surface area contributed by atoms with Gasteiger partial charge in [0, 0.05) is 11.1 Å². The van der Waals surface area contributed by atoms with Crippen molar-refractivity contribution in [1.82, 2.24) is 0 Å². The Balaban J connectivity index is 2.52. The lowest BCUT2D eigenvalue weighted by atomic mass is 10.0. The van der Waals surface area contributed by atoms with Crippen molar-refractivity contribution >= 4 is 17.3 Å². The Hall–Kier alpha value is -0.760. The molecule has 0 saturated carbocycles. The molecule has 90 valence electrons. The van der Waals surface area contributed by atoms with E-state index in [1.165, 1.54) is 6.07 Å². The molecule has 0 spiro atoms. The van der Waals surface area contributed by atoms with Crippen LogP contribution in [0.1, 0.15) is 33.6 Å². The molecule has 0 fully saturated rings. The minimum absolute atomic E-state index is 0.276. The normalized spacial score (nSPS) is 12.9. The molecule has 1 aromatic carbocycles. The van der Waals surface area contributed by atoms with Crippen LogP contribution >= 0.6 is 11.6 Å². The van der Waals surface area contributed by atoms with E-state index in [1.54, 1.807) is 12.1 Å². The first-order chi connectivity index (χ1) is 7.49. The van der Waals surface area contributed by atoms with Gasteiger partial charge in [-0.2, -0.15) is 0 Å². The molecule has 1 unspecified atom stereocenters. The predicted molar refractivity (Wildman–Crippen MR) is 68.6 cm³/mol. The van der Waals surface area contributed by atoms with E-state index >= 15 is 0 Å². The minimum atomic E-state index is -0.288. The summed E-state index contributed by atoms with van der Waals surface area (Å²) in [5.74, 6) is 0.392. The van der Waals surface area contributed by atoms with Crippen LogP contribution in [0.15, 0.2) is 18.2 Å². The van der Waals surface area contributed by atoms with Crippen LogP contribution < -0.4 is 5.32 Å². The Morgan fingerprint density at radius 2 is 1.94 bits per heavy atom. The van der Waals surface area contributed by atoms with E-state index in [4.69, 9.17) is 11.6 Å². The van der Waals surface area contributed by atoms with Crippen molar-refractivity contribution in [2.45, 2.75) is 39.7 Å². The second kappa shape index (κ2) is 6.09. The van der Waals surface area contributed by atoms with E-state index < -0.39 is 0 Å². The smallest absolute Gasteiger partial charge is 0.147 e. The molecule has 1 nitrogen and oxygen atoms in total. The first-order valence-electron chi connectivity index (χ1n) is 5.70. The molecule has 0 heterocycles. The van der Waals surface area contributed by atoms with Crippen LogP contribution in [0.2, 0.25) is 5.02 Å². The fraction of sp³-hybridized carbons (Fsp3) is 0.538. The Bertz CT molecular complexity index is 339. The maximum Gasteiger partial charge on any atom is 0.147 e. The third-order valence-corrected chi connectivity index (χ3v) is 2.75. The van der Waals surface area contributed by atoms with Crippen LogP contribution in [0.25, 0.3) is 0 Å². The average Bonchev–Trinajstić information content (AvgIpc) is 2.19. The van der Waals surface area contributed by atoms with Gasteiger partial charge in [0.1, 0.15) is 5.82 Å². The van der Waals surface area contributed by atoms with Crippen LogP contribution in [-0.2, 0) is 0 Å². The molecule has 0 aliphatic carbocycles. The van der Waals surface area contributed by atoms with Gasteiger partial charge in [-0.1, -0.05) is 25.4 Å². The molecule has 3 heteroatoms. The fourth-order valence-corrected chi connectivity index (χ4v) is 1.69. The number of halogens is 2. The molecule has 0 bridgehead atoms. The highest BCUT2D eigenvalue weighted by molar-refractivity contribution is 6.30. The zero-order chi connectivity index (χ0) is 12.1. The van der Waals surface area contributed by atoms with Crippen molar-refractivity contribution in [1.29, 1.82) is 0 Å². The SMILES string of the molecule is CC(C)CCC(C)Nc1ccc(Cl)cc1F. The van der Waals surface area contributed by atoms with Crippen molar-refractivity contribution in [2.24, 2.45) is 5.92 Å². The Kier molecular flexibility index (Phi) is 5.07. The van der Waals surface area contributed by atoms with Crippen LogP contribution in [0.5, 0.6) is 0 Å². The second-order valence-electron chi connectivity index (χ2n) is 4.64. The monoisotopic (exact) mass is 243 g/mol. The molecule has 1 aromatic rings. The highest BCUT2D eigenvalue weighted by Gasteiger charge is 2.07. The Morgan fingerprint density at radius 3 is 2.50 bits per heavy atom. The van der Waals surface area contributed by atoms with Gasteiger partial charge in [-0.05, 0) is 43.9 Å². The van der Waals surface area contributed by atoms with Gasteiger partial charge in [0.2, 0.25) is 0 Å². The fourth-order valence-electron chi connectivity index (χ4n) is 1.53. The quantitative estimate of drug-likeness (QED) is 0.789. The lowest BCUT2D eigenvalue weighted by Crippen LogP contribution is -2.16. The molecule has 0 radical (unpaired) electrons. The first kappa shape index (κ1) is 13.3. The highest BCUT2D eigenvalue weighted by Crippen LogP contribution is 2.20. The van der Waals surface area contributed by atoms with Gasteiger partial charge in [-0.3, -0.25) is 0 Å². The molecule has 16 heavy (non-hydrogen) atoms. The van der Waals surface area contributed by atoms with Gasteiger partial charge in [-0.25, -0.2) is 4.39 Å². The van der Waals surface area contributed by atoms with Crippen LogP contribution in [0.4, 0.5) is 10.1 Å². The maximum atomic E-state index is 13.5. The summed E-state index contributed by atoms with van der Waals surface area (Å²) in [7, 11) is 0. The number of hydrogen-bond acceptors (Lipinski definition) is 1. The molecule has 1 rings (SSSR count). The Morgan fingerprint density at radius 1 is 1.25 bits per heavy atom. The summed E-state index contributed by atoms with van der Waals surface area (Å²) in [6, 6.07) is 4.99. The third kappa shape index (κ3) is 4.40. The van der Waals surface area contributed by atoms with Crippen molar-refractivity contribution in [3.8, 4) is 0 Å². The molecule has 1 N–H and O–H groups in total. The summed E-state index contributed by atoms with van der Waals surface area (Å²) in [4.78, 5) is 0. The summed E-state index contributed by atoms with van der Waals surface area (Å²) >= 11 is 5.69. The summed E-state index contributed by atoms with van der Waals surface area (Å²) in [6.07, 6.45) is 2.18. The van der Waals surface area contributed by atoms with Crippen LogP contribution in [0, 0.1) is 11.7 Å². The van der Waals surface area contributed by atoms with Crippen LogP contribution in [0.3, 0.4) is 0 Å². The zero-order valence-electron chi connectivity index (χ0n) is 10.1. The second-order valence-corrected chi connectivity index (χ2v) is 5.08. The van der Waals surface area contributed by atoms with Gasteiger partial charge in [0.05, 0.1) is 5.69 Å². The molecule has 1 atom stereocenters. The van der Waals surface area contributed by atoms with E-state index in [0.717, 1.165) is 12.8 Å². The standard InChI is InChI=1S/C13H19ClFN/c1-9(2)4-5-10(3)16-13-7-6-11(14)8-12(13)15/h6-10,16H,4-5H2,1-3H3. The van der Waals surface area contributed by atoms with Crippen molar-refractivity contribution in [3.05, 3.63) is 29.0 Å². The lowest BCUT2D eigenvalue weighted by Gasteiger charge is -2.16. The average molecular weight is 244 g/mol. The predicted octanol–water partition coefficient (Wildman–Crippen LogP) is 4.72. The van der Waals surface area contributed by atoms with Gasteiger partial charge >= 0.3 is 0 Å². The largest absolute Gasteiger partial charge is 0.380 e. The molecule has 0 saturated heterocycles. The van der Waals surface area contributed by atoms with Gasteiger partial charge in [0.15, 0.2) is 0 Å². The van der Waals surface area contributed by atoms with Crippen molar-refractivity contribution < 1.29 is 4.39 Å².